The second kappa shape index (κ2) is 5.09. The number of rotatable bonds is 2. The summed E-state index contributed by atoms with van der Waals surface area (Å²) in [6.07, 6.45) is 0. The molecule has 0 radical (unpaired) electrons. The minimum atomic E-state index is 0.410. The van der Waals surface area contributed by atoms with Gasteiger partial charge in [-0.05, 0) is 23.6 Å². The number of aryl methyl sites for hydroxylation is 1. The number of nitrogen functional groups attached to an aromatic ring is 1. The van der Waals surface area contributed by atoms with Gasteiger partial charge in [-0.2, -0.15) is 0 Å². The van der Waals surface area contributed by atoms with Crippen molar-refractivity contribution in [1.29, 1.82) is 0 Å². The predicted octanol–water partition coefficient (Wildman–Crippen LogP) is 4.10. The van der Waals surface area contributed by atoms with E-state index in [1.165, 1.54) is 0 Å². The fourth-order valence-electron chi connectivity index (χ4n) is 1.90. The zero-order valence-electron chi connectivity index (χ0n) is 10.5. The summed E-state index contributed by atoms with van der Waals surface area (Å²) in [5.41, 5.74) is 7.14. The van der Waals surface area contributed by atoms with Crippen LogP contribution in [0.3, 0.4) is 0 Å². The first-order valence-corrected chi connectivity index (χ1v) is 7.39. The summed E-state index contributed by atoms with van der Waals surface area (Å²) >= 11 is 13.7. The van der Waals surface area contributed by atoms with Gasteiger partial charge >= 0.3 is 0 Å². The molecule has 0 spiro atoms. The van der Waals surface area contributed by atoms with Crippen LogP contribution in [0.5, 0.6) is 0 Å². The van der Waals surface area contributed by atoms with Gasteiger partial charge in [0.25, 0.3) is 0 Å². The fraction of sp³-hybridized carbons (Fsp3) is 0.0769. The maximum atomic E-state index is 6.06. The van der Waals surface area contributed by atoms with Crippen molar-refractivity contribution >= 4 is 40.2 Å². The Morgan fingerprint density at radius 3 is 2.80 bits per heavy atom. The molecule has 20 heavy (non-hydrogen) atoms. The van der Waals surface area contributed by atoms with Gasteiger partial charge < -0.3 is 5.73 Å². The molecule has 0 bridgehead atoms. The Balaban J connectivity index is 2.16. The van der Waals surface area contributed by atoms with E-state index >= 15 is 0 Å². The Labute approximate surface area is 129 Å². The highest BCUT2D eigenvalue weighted by Gasteiger charge is 2.16. The molecular weight excluding hydrogens is 315 g/mol. The molecule has 0 aliphatic carbocycles. The van der Waals surface area contributed by atoms with Crippen molar-refractivity contribution in [2.75, 3.05) is 5.73 Å². The van der Waals surface area contributed by atoms with Crippen LogP contribution >= 0.6 is 34.5 Å². The summed E-state index contributed by atoms with van der Waals surface area (Å²) in [5, 5.41) is 7.31. The first-order valence-electron chi connectivity index (χ1n) is 5.76. The Morgan fingerprint density at radius 1 is 1.30 bits per heavy atom. The molecule has 0 unspecified atom stereocenters. The van der Waals surface area contributed by atoms with Crippen LogP contribution in [-0.2, 0) is 7.05 Å². The fourth-order valence-corrected chi connectivity index (χ4v) is 3.05. The number of aromatic nitrogens is 3. The zero-order valence-corrected chi connectivity index (χ0v) is 12.8. The van der Waals surface area contributed by atoms with Gasteiger partial charge in [-0.15, -0.1) is 16.4 Å². The summed E-state index contributed by atoms with van der Waals surface area (Å²) in [6, 6.07) is 7.28. The van der Waals surface area contributed by atoms with Gasteiger partial charge in [0.05, 0.1) is 15.6 Å². The van der Waals surface area contributed by atoms with Crippen LogP contribution in [-0.4, -0.2) is 14.8 Å². The number of hydrogen-bond donors (Lipinski definition) is 1. The van der Waals surface area contributed by atoms with Gasteiger partial charge in [0.15, 0.2) is 11.6 Å². The minimum Gasteiger partial charge on any atom is -0.397 e. The smallest absolute Gasteiger partial charge is 0.191 e. The van der Waals surface area contributed by atoms with E-state index in [0.29, 0.717) is 32.9 Å². The molecule has 0 aliphatic rings. The van der Waals surface area contributed by atoms with Crippen LogP contribution in [0.15, 0.2) is 29.6 Å². The molecule has 3 rings (SSSR count). The molecule has 0 atom stereocenters. The SMILES string of the molecule is Cn1nc(-c2cccs2)nc1-c1cc(Cl)cc(Cl)c1N. The standard InChI is InChI=1S/C13H10Cl2N4S/c1-19-13(8-5-7(14)6-9(15)11(8)16)17-12(18-19)10-3-2-4-20-10/h2-6H,16H2,1H3. The Hall–Kier alpha value is -1.56. The van der Waals surface area contributed by atoms with Crippen LogP contribution in [0.4, 0.5) is 5.69 Å². The third kappa shape index (κ3) is 2.28. The van der Waals surface area contributed by atoms with Crippen LogP contribution in [0.25, 0.3) is 22.1 Å². The first-order chi connectivity index (χ1) is 9.56. The van der Waals surface area contributed by atoms with Crippen molar-refractivity contribution < 1.29 is 0 Å². The first kappa shape index (κ1) is 13.4. The number of anilines is 1. The summed E-state index contributed by atoms with van der Waals surface area (Å²) in [4.78, 5) is 5.53. The molecular formula is C13H10Cl2N4S. The molecule has 2 N–H and O–H groups in total. The van der Waals surface area contributed by atoms with Crippen molar-refractivity contribution in [2.24, 2.45) is 7.05 Å². The third-order valence-corrected chi connectivity index (χ3v) is 4.24. The van der Waals surface area contributed by atoms with Gasteiger partial charge in [0.2, 0.25) is 0 Å². The van der Waals surface area contributed by atoms with Crippen LogP contribution in [0.2, 0.25) is 10.0 Å². The van der Waals surface area contributed by atoms with Gasteiger partial charge in [-0.25, -0.2) is 9.67 Å². The molecule has 2 heterocycles. The van der Waals surface area contributed by atoms with E-state index < -0.39 is 0 Å². The molecule has 0 amide bonds. The van der Waals surface area contributed by atoms with Crippen molar-refractivity contribution in [3.05, 3.63) is 39.7 Å². The van der Waals surface area contributed by atoms with E-state index in [-0.39, 0.29) is 0 Å². The predicted molar refractivity (Wildman–Crippen MR) is 84.2 cm³/mol. The van der Waals surface area contributed by atoms with Crippen molar-refractivity contribution in [3.63, 3.8) is 0 Å². The Bertz CT molecular complexity index is 765. The quantitative estimate of drug-likeness (QED) is 0.722. The number of halogens is 2. The molecule has 4 nitrogen and oxygen atoms in total. The number of thiophene rings is 1. The second-order valence-corrected chi connectivity index (χ2v) is 6.00. The minimum absolute atomic E-state index is 0.410. The number of nitrogens with two attached hydrogens (primary N) is 1. The molecule has 7 heteroatoms. The molecule has 0 saturated carbocycles. The molecule has 2 aromatic heterocycles. The lowest BCUT2D eigenvalue weighted by molar-refractivity contribution is 0.778. The molecule has 0 fully saturated rings. The molecule has 3 aromatic rings. The number of hydrogen-bond acceptors (Lipinski definition) is 4. The van der Waals surface area contributed by atoms with Crippen LogP contribution < -0.4 is 5.73 Å². The second-order valence-electron chi connectivity index (χ2n) is 4.21. The van der Waals surface area contributed by atoms with Crippen molar-refractivity contribution in [3.8, 4) is 22.1 Å². The van der Waals surface area contributed by atoms with E-state index in [4.69, 9.17) is 28.9 Å². The maximum absolute atomic E-state index is 6.06. The largest absolute Gasteiger partial charge is 0.397 e. The van der Waals surface area contributed by atoms with Crippen LogP contribution in [0, 0.1) is 0 Å². The lowest BCUT2D eigenvalue weighted by Gasteiger charge is -2.07. The Kier molecular flexibility index (Phi) is 3.41. The van der Waals surface area contributed by atoms with Crippen LogP contribution in [0.1, 0.15) is 0 Å². The summed E-state index contributed by atoms with van der Waals surface area (Å²) in [5.74, 6) is 1.29. The molecule has 102 valence electrons. The van der Waals surface area contributed by atoms with E-state index in [9.17, 15) is 0 Å². The van der Waals surface area contributed by atoms with Gasteiger partial charge in [-0.1, -0.05) is 29.3 Å². The average Bonchev–Trinajstić information content (AvgIpc) is 3.02. The topological polar surface area (TPSA) is 56.7 Å². The lowest BCUT2D eigenvalue weighted by atomic mass is 10.1. The lowest BCUT2D eigenvalue weighted by Crippen LogP contribution is -1.98. The molecule has 0 saturated heterocycles. The van der Waals surface area contributed by atoms with Gasteiger partial charge in [0, 0.05) is 17.6 Å². The average molecular weight is 325 g/mol. The summed E-state index contributed by atoms with van der Waals surface area (Å²) < 4.78 is 1.67. The third-order valence-electron chi connectivity index (χ3n) is 2.84. The van der Waals surface area contributed by atoms with E-state index in [2.05, 4.69) is 10.1 Å². The van der Waals surface area contributed by atoms with Gasteiger partial charge in [-0.3, -0.25) is 0 Å². The van der Waals surface area contributed by atoms with Crippen molar-refractivity contribution in [2.45, 2.75) is 0 Å². The number of nitrogens with zero attached hydrogens (tertiary/aromatic N) is 3. The highest BCUT2D eigenvalue weighted by Crippen LogP contribution is 2.34. The highest BCUT2D eigenvalue weighted by molar-refractivity contribution is 7.13. The summed E-state index contributed by atoms with van der Waals surface area (Å²) in [6.45, 7) is 0. The normalized spacial score (nSPS) is 10.9. The molecule has 0 aliphatic heterocycles. The van der Waals surface area contributed by atoms with E-state index in [0.717, 1.165) is 4.88 Å². The zero-order chi connectivity index (χ0) is 14.3. The summed E-state index contributed by atoms with van der Waals surface area (Å²) in [7, 11) is 1.81. The molecule has 1 aromatic carbocycles. The Morgan fingerprint density at radius 2 is 2.10 bits per heavy atom. The van der Waals surface area contributed by atoms with Gasteiger partial charge in [0.1, 0.15) is 0 Å². The monoisotopic (exact) mass is 324 g/mol. The maximum Gasteiger partial charge on any atom is 0.191 e. The highest BCUT2D eigenvalue weighted by atomic mass is 35.5. The van der Waals surface area contributed by atoms with E-state index in [1.807, 2.05) is 24.6 Å². The van der Waals surface area contributed by atoms with Crippen molar-refractivity contribution in [1.82, 2.24) is 14.8 Å². The number of benzene rings is 1. The van der Waals surface area contributed by atoms with E-state index in [1.54, 1.807) is 28.2 Å².